The quantitative estimate of drug-likeness (QED) is 0.848. The molecule has 0 spiro atoms. The minimum Gasteiger partial charge on any atom is -0.357 e. The smallest absolute Gasteiger partial charge is 0.357 e. The van der Waals surface area contributed by atoms with E-state index < -0.39 is 11.7 Å². The first kappa shape index (κ1) is 19.9. The van der Waals surface area contributed by atoms with E-state index in [1.807, 2.05) is 11.8 Å². The second kappa shape index (κ2) is 8.46. The van der Waals surface area contributed by atoms with Gasteiger partial charge in [-0.2, -0.15) is 13.2 Å². The molecule has 0 radical (unpaired) electrons. The van der Waals surface area contributed by atoms with E-state index in [1.54, 1.807) is 0 Å². The number of carbonyl (C=O) groups is 1. The van der Waals surface area contributed by atoms with E-state index in [-0.39, 0.29) is 17.9 Å². The molecular formula is C19H27F3N4O. The molecule has 5 nitrogen and oxygen atoms in total. The molecule has 1 atom stereocenters. The number of anilines is 1. The predicted octanol–water partition coefficient (Wildman–Crippen LogP) is 2.92. The number of likely N-dealkylation sites (tertiary alicyclic amines) is 1. The van der Waals surface area contributed by atoms with Crippen molar-refractivity contribution in [2.75, 3.05) is 37.6 Å². The maximum atomic E-state index is 12.6. The van der Waals surface area contributed by atoms with Crippen LogP contribution in [0.1, 0.15) is 38.2 Å². The molecule has 2 aliphatic rings. The second-order valence-corrected chi connectivity index (χ2v) is 7.58. The molecule has 3 rings (SSSR count). The highest BCUT2D eigenvalue weighted by atomic mass is 19.4. The SMILES string of the molecule is C[C@@H](CN1CCCC1)NC(=O)C1CCN(c2ccc(C(F)(F)F)cn2)CC1. The summed E-state index contributed by atoms with van der Waals surface area (Å²) in [5, 5.41) is 3.12. The van der Waals surface area contributed by atoms with Crippen molar-refractivity contribution < 1.29 is 18.0 Å². The second-order valence-electron chi connectivity index (χ2n) is 7.58. The molecule has 1 aromatic rings. The van der Waals surface area contributed by atoms with Gasteiger partial charge in [-0.3, -0.25) is 4.79 Å². The first-order valence-electron chi connectivity index (χ1n) is 9.64. The van der Waals surface area contributed by atoms with Gasteiger partial charge in [0.05, 0.1) is 5.56 Å². The van der Waals surface area contributed by atoms with Crippen LogP contribution in [-0.4, -0.2) is 54.6 Å². The fourth-order valence-electron chi connectivity index (χ4n) is 3.87. The van der Waals surface area contributed by atoms with Gasteiger partial charge in [0.15, 0.2) is 0 Å². The Morgan fingerprint density at radius 3 is 2.44 bits per heavy atom. The zero-order chi connectivity index (χ0) is 19.4. The number of nitrogens with one attached hydrogen (secondary N) is 1. The molecule has 2 saturated heterocycles. The van der Waals surface area contributed by atoms with Gasteiger partial charge in [0.25, 0.3) is 0 Å². The molecular weight excluding hydrogens is 357 g/mol. The summed E-state index contributed by atoms with van der Waals surface area (Å²) in [5.74, 6) is 0.572. The lowest BCUT2D eigenvalue weighted by atomic mass is 9.95. The number of hydrogen-bond donors (Lipinski definition) is 1. The number of hydrogen-bond acceptors (Lipinski definition) is 4. The third-order valence-electron chi connectivity index (χ3n) is 5.38. The minimum absolute atomic E-state index is 0.0447. The van der Waals surface area contributed by atoms with Gasteiger partial charge in [-0.25, -0.2) is 4.98 Å². The molecule has 2 aliphatic heterocycles. The first-order chi connectivity index (χ1) is 12.8. The van der Waals surface area contributed by atoms with Crippen LogP contribution in [0.5, 0.6) is 0 Å². The molecule has 8 heteroatoms. The molecule has 150 valence electrons. The van der Waals surface area contributed by atoms with E-state index in [4.69, 9.17) is 0 Å². The van der Waals surface area contributed by atoms with Gasteiger partial charge >= 0.3 is 6.18 Å². The van der Waals surface area contributed by atoms with Crippen molar-refractivity contribution in [1.82, 2.24) is 15.2 Å². The lowest BCUT2D eigenvalue weighted by Gasteiger charge is -2.33. The number of rotatable bonds is 5. The predicted molar refractivity (Wildman–Crippen MR) is 97.5 cm³/mol. The van der Waals surface area contributed by atoms with E-state index in [0.717, 1.165) is 31.9 Å². The molecule has 1 N–H and O–H groups in total. The number of amides is 1. The van der Waals surface area contributed by atoms with Crippen LogP contribution in [0, 0.1) is 5.92 Å². The maximum Gasteiger partial charge on any atom is 0.417 e. The monoisotopic (exact) mass is 384 g/mol. The fourth-order valence-corrected chi connectivity index (χ4v) is 3.87. The van der Waals surface area contributed by atoms with Crippen molar-refractivity contribution in [3.05, 3.63) is 23.9 Å². The van der Waals surface area contributed by atoms with E-state index in [2.05, 4.69) is 15.2 Å². The lowest BCUT2D eigenvalue weighted by Crippen LogP contribution is -2.46. The summed E-state index contributed by atoms with van der Waals surface area (Å²) >= 11 is 0. The van der Waals surface area contributed by atoms with Crippen molar-refractivity contribution in [2.24, 2.45) is 5.92 Å². The van der Waals surface area contributed by atoms with Crippen molar-refractivity contribution in [3.8, 4) is 0 Å². The third-order valence-corrected chi connectivity index (χ3v) is 5.38. The molecule has 3 heterocycles. The van der Waals surface area contributed by atoms with Crippen LogP contribution in [0.3, 0.4) is 0 Å². The normalized spacial score (nSPS) is 20.7. The fraction of sp³-hybridized carbons (Fsp3) is 0.684. The van der Waals surface area contributed by atoms with Gasteiger partial charge in [0.1, 0.15) is 5.82 Å². The zero-order valence-electron chi connectivity index (χ0n) is 15.6. The summed E-state index contributed by atoms with van der Waals surface area (Å²) in [6, 6.07) is 2.59. The number of alkyl halides is 3. The number of aromatic nitrogens is 1. The summed E-state index contributed by atoms with van der Waals surface area (Å²) in [6.45, 7) is 6.39. The van der Waals surface area contributed by atoms with E-state index in [9.17, 15) is 18.0 Å². The molecule has 1 amide bonds. The first-order valence-corrected chi connectivity index (χ1v) is 9.64. The Kier molecular flexibility index (Phi) is 6.24. The standard InChI is InChI=1S/C19H27F3N4O/c1-14(13-25-8-2-3-9-25)24-18(27)15-6-10-26(11-7-15)17-5-4-16(12-23-17)19(20,21)22/h4-5,12,14-15H,2-3,6-11,13H2,1H3,(H,24,27)/t14-/m0/s1. The molecule has 0 aromatic carbocycles. The van der Waals surface area contributed by atoms with Crippen LogP contribution in [-0.2, 0) is 11.0 Å². The van der Waals surface area contributed by atoms with Crippen LogP contribution in [0.25, 0.3) is 0 Å². The summed E-state index contributed by atoms with van der Waals surface area (Å²) in [4.78, 5) is 20.8. The Bertz CT molecular complexity index is 621. The number of nitrogens with zero attached hydrogens (tertiary/aromatic N) is 3. The number of piperidine rings is 1. The Balaban J connectivity index is 1.45. The molecule has 0 unspecified atom stereocenters. The van der Waals surface area contributed by atoms with Gasteiger partial charge in [-0.05, 0) is 57.8 Å². The molecule has 0 bridgehead atoms. The van der Waals surface area contributed by atoms with Crippen molar-refractivity contribution in [2.45, 2.75) is 44.8 Å². The Labute approximate surface area is 157 Å². The zero-order valence-corrected chi connectivity index (χ0v) is 15.6. The highest BCUT2D eigenvalue weighted by Gasteiger charge is 2.31. The molecule has 27 heavy (non-hydrogen) atoms. The van der Waals surface area contributed by atoms with Crippen molar-refractivity contribution in [3.63, 3.8) is 0 Å². The lowest BCUT2D eigenvalue weighted by molar-refractivity contribution is -0.137. The van der Waals surface area contributed by atoms with Gasteiger partial charge < -0.3 is 15.1 Å². The van der Waals surface area contributed by atoms with E-state index in [0.29, 0.717) is 31.7 Å². The summed E-state index contributed by atoms with van der Waals surface area (Å²) in [5.41, 5.74) is -0.743. The van der Waals surface area contributed by atoms with Crippen LogP contribution < -0.4 is 10.2 Å². The Morgan fingerprint density at radius 2 is 1.89 bits per heavy atom. The van der Waals surface area contributed by atoms with Crippen LogP contribution in [0.2, 0.25) is 0 Å². The third kappa shape index (κ3) is 5.34. The number of pyridine rings is 1. The van der Waals surface area contributed by atoms with Crippen LogP contribution >= 0.6 is 0 Å². The summed E-state index contributed by atoms with van der Waals surface area (Å²) in [6.07, 6.45) is 0.334. The Hall–Kier alpha value is -1.83. The topological polar surface area (TPSA) is 48.5 Å². The molecule has 0 saturated carbocycles. The summed E-state index contributed by atoms with van der Waals surface area (Å²) < 4.78 is 37.9. The summed E-state index contributed by atoms with van der Waals surface area (Å²) in [7, 11) is 0. The van der Waals surface area contributed by atoms with Crippen LogP contribution in [0.15, 0.2) is 18.3 Å². The van der Waals surface area contributed by atoms with Crippen molar-refractivity contribution >= 4 is 11.7 Å². The number of carbonyl (C=O) groups excluding carboxylic acids is 1. The highest BCUT2D eigenvalue weighted by Crippen LogP contribution is 2.30. The van der Waals surface area contributed by atoms with Gasteiger partial charge in [-0.1, -0.05) is 0 Å². The largest absolute Gasteiger partial charge is 0.417 e. The maximum absolute atomic E-state index is 12.6. The minimum atomic E-state index is -4.37. The van der Waals surface area contributed by atoms with Gasteiger partial charge in [0.2, 0.25) is 5.91 Å². The Morgan fingerprint density at radius 1 is 1.22 bits per heavy atom. The average molecular weight is 384 g/mol. The van der Waals surface area contributed by atoms with Gasteiger partial charge in [0, 0.05) is 37.8 Å². The molecule has 1 aromatic heterocycles. The highest BCUT2D eigenvalue weighted by molar-refractivity contribution is 5.79. The number of halogens is 3. The van der Waals surface area contributed by atoms with Gasteiger partial charge in [-0.15, -0.1) is 0 Å². The van der Waals surface area contributed by atoms with E-state index in [1.165, 1.54) is 18.9 Å². The molecule has 2 fully saturated rings. The van der Waals surface area contributed by atoms with Crippen molar-refractivity contribution in [1.29, 1.82) is 0 Å². The average Bonchev–Trinajstić information content (AvgIpc) is 3.14. The van der Waals surface area contributed by atoms with Crippen LogP contribution in [0.4, 0.5) is 19.0 Å². The molecule has 0 aliphatic carbocycles. The van der Waals surface area contributed by atoms with E-state index >= 15 is 0 Å².